The van der Waals surface area contributed by atoms with Crippen molar-refractivity contribution in [1.29, 1.82) is 0 Å². The summed E-state index contributed by atoms with van der Waals surface area (Å²) in [6, 6.07) is 0. The molecule has 0 fully saturated rings. The fraction of sp³-hybridized carbons (Fsp3) is 0.737. The van der Waals surface area contributed by atoms with Crippen molar-refractivity contribution >= 4 is 29.5 Å². The van der Waals surface area contributed by atoms with E-state index in [-0.39, 0.29) is 56.4 Å². The summed E-state index contributed by atoms with van der Waals surface area (Å²) >= 11 is 0. The Morgan fingerprint density at radius 1 is 0.433 bits per heavy atom. The molecule has 30 heavy (non-hydrogen) atoms. The maximum absolute atomic E-state index is 12.4. The van der Waals surface area contributed by atoms with E-state index in [1.54, 1.807) is 26.0 Å². The van der Waals surface area contributed by atoms with Crippen molar-refractivity contribution in [1.82, 2.24) is 29.4 Å². The first-order valence-electron chi connectivity index (χ1n) is 9.64. The molecule has 0 aromatic heterocycles. The topological polar surface area (TPSA) is 105 Å². The molecule has 0 aromatic carbocycles. The van der Waals surface area contributed by atoms with Gasteiger partial charge in [0.2, 0.25) is 29.5 Å². The number of rotatable bonds is 11. The van der Waals surface area contributed by atoms with Crippen molar-refractivity contribution in [3.05, 3.63) is 0 Å². The Morgan fingerprint density at radius 2 is 0.667 bits per heavy atom. The van der Waals surface area contributed by atoms with Crippen LogP contribution in [0.25, 0.3) is 0 Å². The smallest absolute Gasteiger partial charge is 0.242 e. The second kappa shape index (κ2) is 12.8. The van der Waals surface area contributed by atoms with Crippen LogP contribution in [0.2, 0.25) is 0 Å². The molecule has 0 saturated heterocycles. The summed E-state index contributed by atoms with van der Waals surface area (Å²) in [7, 11) is 11.1. The number of amides is 5. The van der Waals surface area contributed by atoms with Crippen LogP contribution in [0.3, 0.4) is 0 Å². The maximum atomic E-state index is 12.4. The molecule has 0 saturated carbocycles. The summed E-state index contributed by atoms with van der Waals surface area (Å²) in [5.41, 5.74) is 0. The third-order valence-electron chi connectivity index (χ3n) is 4.54. The molecular weight excluding hydrogens is 392 g/mol. The van der Waals surface area contributed by atoms with E-state index in [4.69, 9.17) is 0 Å². The zero-order valence-electron chi connectivity index (χ0n) is 19.5. The van der Waals surface area contributed by atoms with Gasteiger partial charge < -0.3 is 29.4 Å². The zero-order valence-corrected chi connectivity index (χ0v) is 19.5. The average Bonchev–Trinajstić information content (AvgIpc) is 2.65. The number of hydrogen-bond acceptors (Lipinski definition) is 6. The molecule has 0 aliphatic carbocycles. The second-order valence-corrected chi connectivity index (χ2v) is 7.64. The van der Waals surface area contributed by atoms with E-state index in [2.05, 4.69) is 0 Å². The van der Waals surface area contributed by atoms with E-state index in [1.165, 1.54) is 52.7 Å². The van der Waals surface area contributed by atoms with Crippen LogP contribution in [0, 0.1) is 0 Å². The Morgan fingerprint density at radius 3 is 0.900 bits per heavy atom. The van der Waals surface area contributed by atoms with Crippen LogP contribution < -0.4 is 0 Å². The highest BCUT2D eigenvalue weighted by molar-refractivity contribution is 5.91. The highest BCUT2D eigenvalue weighted by Gasteiger charge is 2.22. The molecule has 0 spiro atoms. The highest BCUT2D eigenvalue weighted by atomic mass is 16.2. The van der Waals surface area contributed by atoms with Gasteiger partial charge in [-0.3, -0.25) is 24.0 Å². The number of carbonyl (C=O) groups excluding carboxylic acids is 5. The summed E-state index contributed by atoms with van der Waals surface area (Å²) in [5, 5.41) is 0. The van der Waals surface area contributed by atoms with Gasteiger partial charge in [-0.15, -0.1) is 0 Å². The van der Waals surface area contributed by atoms with E-state index in [9.17, 15) is 24.0 Å². The standard InChI is InChI=1S/C19H36N6O5/c1-9-21(4)16(27)11-23(6)18(29)13-25(8)19(30)14-24(7)17(28)12-22(5)15(26)10-20(2)3/h9-14H2,1-8H3. The van der Waals surface area contributed by atoms with Gasteiger partial charge in [-0.1, -0.05) is 0 Å². The number of likely N-dealkylation sites (N-methyl/N-ethyl adjacent to an activating group) is 6. The molecule has 0 rings (SSSR count). The Balaban J connectivity index is 4.60. The lowest BCUT2D eigenvalue weighted by molar-refractivity contribution is -0.144. The summed E-state index contributed by atoms with van der Waals surface area (Å²) in [5.74, 6) is -1.59. The molecule has 0 aliphatic rings. The van der Waals surface area contributed by atoms with Crippen molar-refractivity contribution in [3.63, 3.8) is 0 Å². The fourth-order valence-corrected chi connectivity index (χ4v) is 2.21. The van der Waals surface area contributed by atoms with Crippen LogP contribution in [-0.4, -0.2) is 148 Å². The first-order valence-corrected chi connectivity index (χ1v) is 9.64. The van der Waals surface area contributed by atoms with Gasteiger partial charge >= 0.3 is 0 Å². The van der Waals surface area contributed by atoms with Gasteiger partial charge in [-0.05, 0) is 21.0 Å². The molecule has 0 atom stereocenters. The van der Waals surface area contributed by atoms with Gasteiger partial charge in [0.1, 0.15) is 0 Å². The molecule has 5 amide bonds. The van der Waals surface area contributed by atoms with Crippen LogP contribution in [0.15, 0.2) is 0 Å². The second-order valence-electron chi connectivity index (χ2n) is 7.64. The van der Waals surface area contributed by atoms with Crippen molar-refractivity contribution in [2.24, 2.45) is 0 Å². The highest BCUT2D eigenvalue weighted by Crippen LogP contribution is 1.97. The molecule has 0 radical (unpaired) electrons. The average molecular weight is 429 g/mol. The molecule has 11 heteroatoms. The van der Waals surface area contributed by atoms with Gasteiger partial charge in [0.15, 0.2) is 0 Å². The SMILES string of the molecule is CCN(C)C(=O)CN(C)C(=O)CN(C)C(=O)CN(C)C(=O)CN(C)C(=O)CN(C)C. The van der Waals surface area contributed by atoms with Crippen LogP contribution >= 0.6 is 0 Å². The number of carbonyl (C=O) groups is 5. The Hall–Kier alpha value is -2.69. The van der Waals surface area contributed by atoms with Crippen molar-refractivity contribution in [2.45, 2.75) is 6.92 Å². The lowest BCUT2D eigenvalue weighted by atomic mass is 10.3. The quantitative estimate of drug-likeness (QED) is 0.372. The molecule has 0 aromatic rings. The minimum absolute atomic E-state index is 0.0725. The van der Waals surface area contributed by atoms with Gasteiger partial charge in [0, 0.05) is 41.8 Å². The molecule has 0 N–H and O–H groups in total. The van der Waals surface area contributed by atoms with Crippen molar-refractivity contribution < 1.29 is 24.0 Å². The van der Waals surface area contributed by atoms with E-state index in [1.807, 2.05) is 6.92 Å². The molecule has 0 unspecified atom stereocenters. The maximum Gasteiger partial charge on any atom is 0.242 e. The van der Waals surface area contributed by atoms with E-state index >= 15 is 0 Å². The summed E-state index contributed by atoms with van der Waals surface area (Å²) < 4.78 is 0. The molecule has 172 valence electrons. The lowest BCUT2D eigenvalue weighted by Crippen LogP contribution is -2.48. The van der Waals surface area contributed by atoms with Crippen LogP contribution in [0.4, 0.5) is 0 Å². The van der Waals surface area contributed by atoms with Crippen LogP contribution in [-0.2, 0) is 24.0 Å². The Kier molecular flexibility index (Phi) is 11.6. The summed E-state index contributed by atoms with van der Waals surface area (Å²) in [6.45, 7) is 1.91. The van der Waals surface area contributed by atoms with Gasteiger partial charge in [0.05, 0.1) is 32.7 Å². The van der Waals surface area contributed by atoms with E-state index < -0.39 is 5.91 Å². The molecule has 0 aliphatic heterocycles. The Bertz CT molecular complexity index is 639. The molecule has 0 heterocycles. The third-order valence-corrected chi connectivity index (χ3v) is 4.54. The lowest BCUT2D eigenvalue weighted by Gasteiger charge is -2.26. The Labute approximate surface area is 179 Å². The third kappa shape index (κ3) is 9.68. The van der Waals surface area contributed by atoms with Crippen LogP contribution in [0.5, 0.6) is 0 Å². The minimum atomic E-state index is -0.424. The van der Waals surface area contributed by atoms with E-state index in [0.717, 1.165) is 0 Å². The molecule has 11 nitrogen and oxygen atoms in total. The number of nitrogens with zero attached hydrogens (tertiary/aromatic N) is 6. The largest absolute Gasteiger partial charge is 0.345 e. The summed E-state index contributed by atoms with van der Waals surface area (Å²) in [4.78, 5) is 68.9. The summed E-state index contributed by atoms with van der Waals surface area (Å²) in [6.07, 6.45) is 0. The van der Waals surface area contributed by atoms with E-state index in [0.29, 0.717) is 6.54 Å². The van der Waals surface area contributed by atoms with Gasteiger partial charge in [-0.25, -0.2) is 0 Å². The van der Waals surface area contributed by atoms with Gasteiger partial charge in [-0.2, -0.15) is 0 Å². The number of hydrogen-bond donors (Lipinski definition) is 0. The molecular formula is C19H36N6O5. The molecule has 0 bridgehead atoms. The monoisotopic (exact) mass is 428 g/mol. The van der Waals surface area contributed by atoms with Crippen LogP contribution in [0.1, 0.15) is 6.92 Å². The van der Waals surface area contributed by atoms with Crippen molar-refractivity contribution in [3.8, 4) is 0 Å². The first-order chi connectivity index (χ1) is 13.8. The minimum Gasteiger partial charge on any atom is -0.345 e. The normalized spacial score (nSPS) is 10.4. The van der Waals surface area contributed by atoms with Crippen molar-refractivity contribution in [2.75, 3.05) is 88.6 Å². The van der Waals surface area contributed by atoms with Gasteiger partial charge in [0.25, 0.3) is 0 Å². The fourth-order valence-electron chi connectivity index (χ4n) is 2.21. The predicted octanol–water partition coefficient (Wildman–Crippen LogP) is -2.14. The zero-order chi connectivity index (χ0) is 23.6. The predicted molar refractivity (Wildman–Crippen MR) is 112 cm³/mol. The first kappa shape index (κ1) is 27.3.